The maximum absolute atomic E-state index is 14.5. The molecule has 2 unspecified atom stereocenters. The van der Waals surface area contributed by atoms with E-state index in [0.29, 0.717) is 47.5 Å². The average molecular weight is 711 g/mol. The van der Waals surface area contributed by atoms with Crippen LogP contribution in [-0.2, 0) is 44.2 Å². The Labute approximate surface area is 288 Å². The third kappa shape index (κ3) is 5.01. The first-order valence-corrected chi connectivity index (χ1v) is 19.3. The summed E-state index contributed by atoms with van der Waals surface area (Å²) in [6, 6.07) is 24.4. The molecule has 0 fully saturated rings. The van der Waals surface area contributed by atoms with Crippen molar-refractivity contribution in [2.75, 3.05) is 0 Å². The second kappa shape index (κ2) is 11.4. The van der Waals surface area contributed by atoms with Crippen molar-refractivity contribution >= 4 is 15.6 Å². The largest absolute Gasteiger partial charge is 0.647 e. The number of aryl methyl sites for hydroxylation is 3. The minimum Gasteiger partial charge on any atom is -0.396 e. The van der Waals surface area contributed by atoms with Gasteiger partial charge in [-0.05, 0) is 61.1 Å². The summed E-state index contributed by atoms with van der Waals surface area (Å²) in [7, 11) is -8.69. The van der Waals surface area contributed by atoms with Gasteiger partial charge in [0.15, 0.2) is 23.0 Å². The van der Waals surface area contributed by atoms with Crippen LogP contribution in [0.3, 0.4) is 0 Å². The summed E-state index contributed by atoms with van der Waals surface area (Å²) in [6.07, 6.45) is 1.52. The summed E-state index contributed by atoms with van der Waals surface area (Å²) in [4.78, 5) is 12.5. The third-order valence-corrected chi connectivity index (χ3v) is 12.1. The maximum Gasteiger partial charge on any atom is 0.647 e. The van der Waals surface area contributed by atoms with E-state index in [9.17, 15) is 9.13 Å². The van der Waals surface area contributed by atoms with Crippen LogP contribution in [0.2, 0.25) is 0 Å². The van der Waals surface area contributed by atoms with Crippen molar-refractivity contribution in [2.24, 2.45) is 0 Å². The van der Waals surface area contributed by atoms with Crippen LogP contribution in [0.5, 0.6) is 34.5 Å². The van der Waals surface area contributed by atoms with Crippen molar-refractivity contribution in [3.8, 4) is 34.5 Å². The average Bonchev–Trinajstić information content (AvgIpc) is 3.64. The number of hydrogen-bond acceptors (Lipinski definition) is 10. The lowest BCUT2D eigenvalue weighted by atomic mass is 9.82. The molecule has 5 aromatic carbocycles. The Balaban J connectivity index is 1.37. The van der Waals surface area contributed by atoms with Crippen LogP contribution in [0, 0.1) is 27.7 Å². The van der Waals surface area contributed by atoms with Crippen molar-refractivity contribution in [2.45, 2.75) is 53.4 Å². The van der Waals surface area contributed by atoms with E-state index in [1.807, 2.05) is 36.4 Å². The van der Waals surface area contributed by atoms with Gasteiger partial charge in [-0.15, -0.1) is 0 Å². The lowest BCUT2D eigenvalue weighted by molar-refractivity contribution is -0.183. The molecule has 0 aromatic heterocycles. The molecule has 2 atom stereocenters. The minimum absolute atomic E-state index is 0.00405. The van der Waals surface area contributed by atoms with E-state index in [1.165, 1.54) is 0 Å². The van der Waals surface area contributed by atoms with E-state index in [4.69, 9.17) is 37.2 Å². The first-order chi connectivity index (χ1) is 24.1. The Kier molecular flexibility index (Phi) is 7.13. The van der Waals surface area contributed by atoms with Crippen molar-refractivity contribution in [1.82, 2.24) is 0 Å². The molecule has 12 heteroatoms. The zero-order valence-electron chi connectivity index (χ0n) is 27.7. The predicted octanol–water partition coefficient (Wildman–Crippen LogP) is 9.69. The van der Waals surface area contributed by atoms with Crippen LogP contribution < -0.4 is 27.9 Å². The van der Waals surface area contributed by atoms with Crippen LogP contribution in [0.4, 0.5) is 0 Å². The fourth-order valence-corrected chi connectivity index (χ4v) is 9.32. The molecular weight excluding hydrogens is 678 g/mol. The van der Waals surface area contributed by atoms with E-state index in [-0.39, 0.29) is 29.4 Å². The van der Waals surface area contributed by atoms with Crippen LogP contribution >= 0.6 is 15.6 Å². The second-order valence-corrected chi connectivity index (χ2v) is 15.9. The molecule has 0 N–H and O–H groups in total. The highest BCUT2D eigenvalue weighted by Gasteiger charge is 2.55. The lowest BCUT2D eigenvalue weighted by Gasteiger charge is -2.26. The van der Waals surface area contributed by atoms with Gasteiger partial charge in [-0.2, -0.15) is 4.57 Å². The molecular formula is C38H32O10P2. The molecule has 5 heterocycles. The Morgan fingerprint density at radius 2 is 0.920 bits per heavy atom. The van der Waals surface area contributed by atoms with Gasteiger partial charge < -0.3 is 27.9 Å². The van der Waals surface area contributed by atoms with Crippen molar-refractivity contribution < 1.29 is 46.3 Å². The number of phosphoric acid groups is 2. The van der Waals surface area contributed by atoms with Gasteiger partial charge in [-0.1, -0.05) is 82.1 Å². The molecule has 0 spiro atoms. The molecule has 0 amide bonds. The molecule has 10 nitrogen and oxygen atoms in total. The number of fused-ring (bicyclic) bond motifs is 7. The van der Waals surface area contributed by atoms with Gasteiger partial charge in [-0.25, -0.2) is 4.57 Å². The molecule has 0 radical (unpaired) electrons. The SMILES string of the molecule is Cc1ccccc1Cc1c(Cc2ccccc2C)c2c3c(Cc4ccccc4C)c1OOP(=O)(OO2)Oc1c(C)c(c2c4c1OP(=O)(O2)O4)C3. The summed E-state index contributed by atoms with van der Waals surface area (Å²) in [6.45, 7) is 7.96. The standard InChI is InChI=1S/C38H32O10P2/c1-21-11-5-8-14-25(21)17-29-30(18-26-15-9-6-12-22(26)2)35-32-20-28-24(4)33(37-38-36(28)44-49(39,45-37)46-38)43-50(40,48-42-35)47-41-34(29)31(32)19-27-16-10-7-13-23(27)3/h5-16H,17-20H2,1-4H3. The highest BCUT2D eigenvalue weighted by atomic mass is 31.2. The molecule has 5 aliphatic heterocycles. The first-order valence-electron chi connectivity index (χ1n) is 16.3. The van der Waals surface area contributed by atoms with Crippen LogP contribution in [0.1, 0.15) is 66.8 Å². The fourth-order valence-electron chi connectivity index (χ4n) is 7.15. The molecule has 10 rings (SSSR count). The van der Waals surface area contributed by atoms with Crippen molar-refractivity contribution in [3.63, 3.8) is 0 Å². The summed E-state index contributed by atoms with van der Waals surface area (Å²) in [5.74, 6) is 1.16. The van der Waals surface area contributed by atoms with E-state index < -0.39 is 15.6 Å². The van der Waals surface area contributed by atoms with Gasteiger partial charge in [-0.3, -0.25) is 0 Å². The molecule has 0 saturated carbocycles. The second-order valence-electron chi connectivity index (χ2n) is 13.1. The normalized spacial score (nSPS) is 20.5. The van der Waals surface area contributed by atoms with E-state index in [2.05, 4.69) is 57.2 Å². The molecule has 254 valence electrons. The van der Waals surface area contributed by atoms with Crippen molar-refractivity contribution in [3.05, 3.63) is 140 Å². The first kappa shape index (κ1) is 31.3. The summed E-state index contributed by atoms with van der Waals surface area (Å²) in [5.41, 5.74) is 10.6. The molecule has 0 aliphatic carbocycles. The summed E-state index contributed by atoms with van der Waals surface area (Å²) < 4.78 is 62.2. The van der Waals surface area contributed by atoms with E-state index in [0.717, 1.165) is 50.1 Å². The van der Waals surface area contributed by atoms with Crippen LogP contribution in [-0.4, -0.2) is 0 Å². The Bertz CT molecular complexity index is 2370. The summed E-state index contributed by atoms with van der Waals surface area (Å²) >= 11 is 0. The number of phosphoric ester groups is 1. The minimum atomic E-state index is -4.71. The van der Waals surface area contributed by atoms with Crippen LogP contribution in [0.15, 0.2) is 72.8 Å². The zero-order chi connectivity index (χ0) is 34.4. The quantitative estimate of drug-likeness (QED) is 0.125. The Morgan fingerprint density at radius 1 is 0.480 bits per heavy atom. The summed E-state index contributed by atoms with van der Waals surface area (Å²) in [5, 5.41) is 0. The Hall–Kier alpha value is -4.72. The molecule has 5 aliphatic rings. The molecule has 5 aromatic rings. The fraction of sp³-hybridized carbons (Fsp3) is 0.211. The van der Waals surface area contributed by atoms with E-state index in [1.54, 1.807) is 6.92 Å². The Morgan fingerprint density at radius 3 is 1.48 bits per heavy atom. The van der Waals surface area contributed by atoms with Gasteiger partial charge in [0, 0.05) is 59.1 Å². The smallest absolute Gasteiger partial charge is 0.396 e. The molecule has 8 bridgehead atoms. The van der Waals surface area contributed by atoms with Gasteiger partial charge >= 0.3 is 15.6 Å². The molecule has 50 heavy (non-hydrogen) atoms. The maximum atomic E-state index is 14.5. The highest BCUT2D eigenvalue weighted by molar-refractivity contribution is 7.50. The third-order valence-electron chi connectivity index (χ3n) is 9.99. The van der Waals surface area contributed by atoms with Gasteiger partial charge in [0.25, 0.3) is 0 Å². The van der Waals surface area contributed by atoms with Crippen LogP contribution in [0.25, 0.3) is 0 Å². The van der Waals surface area contributed by atoms with Gasteiger partial charge in [0.1, 0.15) is 0 Å². The van der Waals surface area contributed by atoms with Gasteiger partial charge in [0.05, 0.1) is 0 Å². The highest BCUT2D eigenvalue weighted by Crippen LogP contribution is 2.74. The number of hydrogen-bond donors (Lipinski definition) is 0. The van der Waals surface area contributed by atoms with Crippen molar-refractivity contribution in [1.29, 1.82) is 0 Å². The monoisotopic (exact) mass is 710 g/mol. The van der Waals surface area contributed by atoms with E-state index >= 15 is 0 Å². The lowest BCUT2D eigenvalue weighted by Crippen LogP contribution is -2.14. The van der Waals surface area contributed by atoms with Gasteiger partial charge in [0.2, 0.25) is 11.5 Å². The topological polar surface area (TPSA) is 108 Å². The zero-order valence-corrected chi connectivity index (χ0v) is 29.5. The number of rotatable bonds is 6. The molecule has 0 saturated heterocycles. The number of benzene rings is 5. The predicted molar refractivity (Wildman–Crippen MR) is 184 cm³/mol.